The lowest BCUT2D eigenvalue weighted by Crippen LogP contribution is -2.44. The van der Waals surface area contributed by atoms with Crippen LogP contribution >= 0.6 is 11.6 Å². The smallest absolute Gasteiger partial charge is 0.160 e. The molecule has 1 aliphatic heterocycles. The predicted molar refractivity (Wildman–Crippen MR) is 81.2 cm³/mol. The molecule has 0 aliphatic carbocycles. The standard InChI is InChI=1S/C15H21ClN2O2/c1-15(2,3)17-9-13(19)14-8-12(18-20-14)10-5-4-6-11(16)7-10/h4-7,13-14,17,19H,8-9H2,1-3H3/t13-,14+/m0/s1. The maximum Gasteiger partial charge on any atom is 0.160 e. The van der Waals surface area contributed by atoms with Crippen molar-refractivity contribution in [3.05, 3.63) is 34.9 Å². The number of β-amino-alcohol motifs (C(OH)–C–C–N with tert-alkyl or cyclic N) is 1. The molecule has 0 bridgehead atoms. The van der Waals surface area contributed by atoms with Crippen LogP contribution in [0.25, 0.3) is 0 Å². The van der Waals surface area contributed by atoms with Gasteiger partial charge in [0.1, 0.15) is 6.10 Å². The first-order valence-electron chi connectivity index (χ1n) is 6.77. The molecule has 2 atom stereocenters. The summed E-state index contributed by atoms with van der Waals surface area (Å²) >= 11 is 5.97. The van der Waals surface area contributed by atoms with Crippen molar-refractivity contribution in [2.45, 2.75) is 44.9 Å². The molecule has 5 heteroatoms. The van der Waals surface area contributed by atoms with E-state index in [1.54, 1.807) is 0 Å². The van der Waals surface area contributed by atoms with Gasteiger partial charge >= 0.3 is 0 Å². The first-order valence-corrected chi connectivity index (χ1v) is 7.15. The Morgan fingerprint density at radius 2 is 2.25 bits per heavy atom. The van der Waals surface area contributed by atoms with Crippen molar-refractivity contribution in [1.29, 1.82) is 0 Å². The highest BCUT2D eigenvalue weighted by Gasteiger charge is 2.29. The average Bonchev–Trinajstić information content (AvgIpc) is 2.84. The summed E-state index contributed by atoms with van der Waals surface area (Å²) < 4.78 is 0. The quantitative estimate of drug-likeness (QED) is 0.898. The number of nitrogens with one attached hydrogen (secondary N) is 1. The summed E-state index contributed by atoms with van der Waals surface area (Å²) in [6, 6.07) is 7.49. The Morgan fingerprint density at radius 3 is 2.90 bits per heavy atom. The highest BCUT2D eigenvalue weighted by molar-refractivity contribution is 6.31. The van der Waals surface area contributed by atoms with E-state index in [1.807, 2.05) is 24.3 Å². The SMILES string of the molecule is CC(C)(C)NC[C@H](O)[C@H]1CC(c2cccc(Cl)c2)=NO1. The van der Waals surface area contributed by atoms with Gasteiger partial charge < -0.3 is 15.3 Å². The van der Waals surface area contributed by atoms with Crippen molar-refractivity contribution in [2.75, 3.05) is 6.54 Å². The van der Waals surface area contributed by atoms with Gasteiger partial charge in [-0.15, -0.1) is 0 Å². The Kier molecular flexibility index (Phi) is 4.68. The van der Waals surface area contributed by atoms with E-state index in [9.17, 15) is 5.11 Å². The van der Waals surface area contributed by atoms with Crippen LogP contribution in [0, 0.1) is 0 Å². The van der Waals surface area contributed by atoms with E-state index in [2.05, 4.69) is 31.2 Å². The molecular weight excluding hydrogens is 276 g/mol. The van der Waals surface area contributed by atoms with Crippen molar-refractivity contribution in [3.63, 3.8) is 0 Å². The number of hydrogen-bond acceptors (Lipinski definition) is 4. The minimum atomic E-state index is -0.588. The molecule has 0 unspecified atom stereocenters. The van der Waals surface area contributed by atoms with Crippen LogP contribution in [-0.4, -0.2) is 35.1 Å². The van der Waals surface area contributed by atoms with Crippen LogP contribution in [0.1, 0.15) is 32.8 Å². The molecule has 0 amide bonds. The van der Waals surface area contributed by atoms with Crippen molar-refractivity contribution in [2.24, 2.45) is 5.16 Å². The third kappa shape index (κ3) is 4.20. The van der Waals surface area contributed by atoms with Gasteiger partial charge in [-0.3, -0.25) is 0 Å². The summed E-state index contributed by atoms with van der Waals surface area (Å²) in [5.74, 6) is 0. The number of rotatable bonds is 4. The van der Waals surface area contributed by atoms with Gasteiger partial charge in [0.15, 0.2) is 6.10 Å². The Morgan fingerprint density at radius 1 is 1.50 bits per heavy atom. The first-order chi connectivity index (χ1) is 9.35. The first kappa shape index (κ1) is 15.3. The summed E-state index contributed by atoms with van der Waals surface area (Å²) in [6.45, 7) is 6.65. The summed E-state index contributed by atoms with van der Waals surface area (Å²) in [5.41, 5.74) is 1.74. The number of oxime groups is 1. The summed E-state index contributed by atoms with van der Waals surface area (Å²) in [7, 11) is 0. The topological polar surface area (TPSA) is 53.8 Å². The zero-order valence-electron chi connectivity index (χ0n) is 12.1. The molecular formula is C15H21ClN2O2. The van der Waals surface area contributed by atoms with E-state index in [4.69, 9.17) is 16.4 Å². The number of benzene rings is 1. The third-order valence-corrected chi connectivity index (χ3v) is 3.36. The van der Waals surface area contributed by atoms with Crippen molar-refractivity contribution in [1.82, 2.24) is 5.32 Å². The second kappa shape index (κ2) is 6.12. The maximum atomic E-state index is 10.1. The fourth-order valence-corrected chi connectivity index (χ4v) is 2.17. The van der Waals surface area contributed by atoms with Gasteiger partial charge in [0, 0.05) is 29.1 Å². The van der Waals surface area contributed by atoms with Crippen LogP contribution in [-0.2, 0) is 4.84 Å². The molecule has 110 valence electrons. The molecule has 1 aliphatic rings. The molecule has 20 heavy (non-hydrogen) atoms. The Bertz CT molecular complexity index is 497. The summed E-state index contributed by atoms with van der Waals surface area (Å²) in [4.78, 5) is 5.34. The highest BCUT2D eigenvalue weighted by Crippen LogP contribution is 2.21. The molecule has 0 saturated heterocycles. The lowest BCUT2D eigenvalue weighted by atomic mass is 10.0. The lowest BCUT2D eigenvalue weighted by Gasteiger charge is -2.24. The molecule has 1 heterocycles. The van der Waals surface area contributed by atoms with Gasteiger partial charge in [-0.1, -0.05) is 28.9 Å². The van der Waals surface area contributed by atoms with Crippen LogP contribution in [0.15, 0.2) is 29.4 Å². The molecule has 0 radical (unpaired) electrons. The van der Waals surface area contributed by atoms with E-state index >= 15 is 0 Å². The molecule has 0 aromatic heterocycles. The number of nitrogens with zero attached hydrogens (tertiary/aromatic N) is 1. The average molecular weight is 297 g/mol. The van der Waals surface area contributed by atoms with Gasteiger partial charge in [-0.2, -0.15) is 0 Å². The number of aliphatic hydroxyl groups is 1. The molecule has 1 aromatic carbocycles. The zero-order valence-corrected chi connectivity index (χ0v) is 12.8. The predicted octanol–water partition coefficient (Wildman–Crippen LogP) is 2.58. The second-order valence-corrected chi connectivity index (χ2v) is 6.53. The lowest BCUT2D eigenvalue weighted by molar-refractivity contribution is -0.0181. The van der Waals surface area contributed by atoms with Crippen LogP contribution in [0.3, 0.4) is 0 Å². The summed E-state index contributed by atoms with van der Waals surface area (Å²) in [6.07, 6.45) is -0.304. The number of halogens is 1. The molecule has 4 nitrogen and oxygen atoms in total. The molecule has 1 aromatic rings. The monoisotopic (exact) mass is 296 g/mol. The molecule has 0 spiro atoms. The normalized spacial score (nSPS) is 20.4. The zero-order chi connectivity index (χ0) is 14.8. The van der Waals surface area contributed by atoms with Crippen LogP contribution in [0.4, 0.5) is 0 Å². The largest absolute Gasteiger partial charge is 0.389 e. The van der Waals surface area contributed by atoms with E-state index in [-0.39, 0.29) is 11.6 Å². The Hall–Kier alpha value is -1.10. The Balaban J connectivity index is 1.91. The van der Waals surface area contributed by atoms with Crippen LogP contribution < -0.4 is 5.32 Å². The number of aliphatic hydroxyl groups excluding tert-OH is 1. The fraction of sp³-hybridized carbons (Fsp3) is 0.533. The Labute approximate surface area is 124 Å². The number of hydrogen-bond donors (Lipinski definition) is 2. The molecule has 0 saturated carbocycles. The summed E-state index contributed by atoms with van der Waals surface area (Å²) in [5, 5.41) is 18.1. The molecule has 2 N–H and O–H groups in total. The molecule has 0 fully saturated rings. The fourth-order valence-electron chi connectivity index (χ4n) is 1.98. The van der Waals surface area contributed by atoms with Crippen LogP contribution in [0.2, 0.25) is 5.02 Å². The van der Waals surface area contributed by atoms with Gasteiger partial charge in [0.25, 0.3) is 0 Å². The maximum absolute atomic E-state index is 10.1. The second-order valence-electron chi connectivity index (χ2n) is 6.09. The van der Waals surface area contributed by atoms with Crippen molar-refractivity contribution >= 4 is 17.3 Å². The van der Waals surface area contributed by atoms with E-state index in [0.29, 0.717) is 18.0 Å². The van der Waals surface area contributed by atoms with Gasteiger partial charge in [0.2, 0.25) is 0 Å². The van der Waals surface area contributed by atoms with Gasteiger partial charge in [-0.05, 0) is 32.9 Å². The minimum absolute atomic E-state index is 0.0315. The van der Waals surface area contributed by atoms with Crippen molar-refractivity contribution in [3.8, 4) is 0 Å². The molecule has 2 rings (SSSR count). The van der Waals surface area contributed by atoms with Gasteiger partial charge in [-0.25, -0.2) is 0 Å². The van der Waals surface area contributed by atoms with E-state index < -0.39 is 6.10 Å². The van der Waals surface area contributed by atoms with Crippen molar-refractivity contribution < 1.29 is 9.94 Å². The van der Waals surface area contributed by atoms with E-state index in [1.165, 1.54) is 0 Å². The highest BCUT2D eigenvalue weighted by atomic mass is 35.5. The third-order valence-electron chi connectivity index (χ3n) is 3.12. The minimum Gasteiger partial charge on any atom is -0.389 e. The van der Waals surface area contributed by atoms with E-state index in [0.717, 1.165) is 11.3 Å². The van der Waals surface area contributed by atoms with Crippen LogP contribution in [0.5, 0.6) is 0 Å². The van der Waals surface area contributed by atoms with Gasteiger partial charge in [0.05, 0.1) is 5.71 Å².